The topological polar surface area (TPSA) is 75.7 Å². The van der Waals surface area contributed by atoms with E-state index in [4.69, 9.17) is 4.74 Å². The highest BCUT2D eigenvalue weighted by atomic mass is 32.2. The molecule has 1 heterocycles. The van der Waals surface area contributed by atoms with Gasteiger partial charge in [0.15, 0.2) is 6.61 Å². The summed E-state index contributed by atoms with van der Waals surface area (Å²) in [6.07, 6.45) is 2.74. The smallest absolute Gasteiger partial charge is 0.262 e. The molecule has 0 saturated carbocycles. The zero-order valence-corrected chi connectivity index (χ0v) is 16.2. The number of carbonyl (C=O) groups excluding carboxylic acids is 1. The van der Waals surface area contributed by atoms with Crippen molar-refractivity contribution in [1.82, 2.24) is 4.31 Å². The van der Waals surface area contributed by atoms with Gasteiger partial charge in [0.2, 0.25) is 10.0 Å². The number of hydrogen-bond donors (Lipinski definition) is 1. The summed E-state index contributed by atoms with van der Waals surface area (Å²) in [5, 5.41) is 2.77. The predicted octanol–water partition coefficient (Wildman–Crippen LogP) is 3.05. The molecule has 1 saturated heterocycles. The van der Waals surface area contributed by atoms with Gasteiger partial charge >= 0.3 is 0 Å². The Morgan fingerprint density at radius 3 is 2.26 bits per heavy atom. The molecule has 0 aromatic heterocycles. The van der Waals surface area contributed by atoms with Crippen LogP contribution in [-0.4, -0.2) is 38.3 Å². The van der Waals surface area contributed by atoms with Gasteiger partial charge in [-0.3, -0.25) is 4.79 Å². The van der Waals surface area contributed by atoms with Gasteiger partial charge in [0.1, 0.15) is 5.75 Å². The highest BCUT2D eigenvalue weighted by Gasteiger charge is 2.26. The summed E-state index contributed by atoms with van der Waals surface area (Å²) in [5.74, 6) is 0.180. The summed E-state index contributed by atoms with van der Waals surface area (Å²) in [6.45, 7) is 3.07. The molecule has 7 heteroatoms. The maximum absolute atomic E-state index is 12.5. The molecule has 1 amide bonds. The molecule has 2 aromatic rings. The maximum atomic E-state index is 12.5. The number of nitrogens with zero attached hydrogens (tertiary/aromatic N) is 1. The summed E-state index contributed by atoms with van der Waals surface area (Å²) < 4.78 is 31.9. The van der Waals surface area contributed by atoms with Gasteiger partial charge in [-0.15, -0.1) is 0 Å². The first-order valence-electron chi connectivity index (χ1n) is 9.11. The number of hydrogen-bond acceptors (Lipinski definition) is 4. The summed E-state index contributed by atoms with van der Waals surface area (Å²) in [7, 11) is -3.43. The van der Waals surface area contributed by atoms with Crippen LogP contribution in [0, 0.1) is 0 Å². The zero-order valence-electron chi connectivity index (χ0n) is 15.3. The molecule has 0 unspecified atom stereocenters. The van der Waals surface area contributed by atoms with Crippen molar-refractivity contribution in [1.29, 1.82) is 0 Å². The van der Waals surface area contributed by atoms with E-state index in [1.54, 1.807) is 12.1 Å². The highest BCUT2D eigenvalue weighted by molar-refractivity contribution is 7.89. The Morgan fingerprint density at radius 1 is 1.04 bits per heavy atom. The number of nitrogens with one attached hydrogen (secondary N) is 1. The summed E-state index contributed by atoms with van der Waals surface area (Å²) in [5.41, 5.74) is 1.92. The average molecular weight is 388 g/mol. The van der Waals surface area contributed by atoms with Crippen LogP contribution in [0.25, 0.3) is 0 Å². The van der Waals surface area contributed by atoms with Gasteiger partial charge < -0.3 is 10.1 Å². The first-order valence-corrected chi connectivity index (χ1v) is 10.5. The summed E-state index contributed by atoms with van der Waals surface area (Å²) in [4.78, 5) is 12.2. The summed E-state index contributed by atoms with van der Waals surface area (Å²) in [6, 6.07) is 13.8. The number of aryl methyl sites for hydroxylation is 1. The van der Waals surface area contributed by atoms with Crippen molar-refractivity contribution in [3.63, 3.8) is 0 Å². The Hall–Kier alpha value is -2.38. The lowest BCUT2D eigenvalue weighted by atomic mass is 10.1. The van der Waals surface area contributed by atoms with E-state index in [2.05, 4.69) is 12.2 Å². The van der Waals surface area contributed by atoms with Crippen molar-refractivity contribution in [3.8, 4) is 5.75 Å². The Kier molecular flexibility index (Phi) is 6.13. The first-order chi connectivity index (χ1) is 13.0. The molecular formula is C20H24N2O4S. The molecule has 1 N–H and O–H groups in total. The molecule has 144 valence electrons. The Bertz CT molecular complexity index is 871. The Labute approximate surface area is 160 Å². The SMILES string of the molecule is CCc1ccc(NC(=O)COc2ccc(S(=O)(=O)N3CCCC3)cc2)cc1. The van der Waals surface area contributed by atoms with Gasteiger partial charge in [0, 0.05) is 18.8 Å². The number of benzene rings is 2. The quantitative estimate of drug-likeness (QED) is 0.791. The predicted molar refractivity (Wildman–Crippen MR) is 104 cm³/mol. The van der Waals surface area contributed by atoms with Crippen molar-refractivity contribution in [2.75, 3.05) is 25.0 Å². The van der Waals surface area contributed by atoms with Crippen molar-refractivity contribution in [2.24, 2.45) is 0 Å². The van der Waals surface area contributed by atoms with E-state index < -0.39 is 10.0 Å². The number of sulfonamides is 1. The third kappa shape index (κ3) is 4.87. The highest BCUT2D eigenvalue weighted by Crippen LogP contribution is 2.23. The van der Waals surface area contributed by atoms with Crippen LogP contribution in [0.15, 0.2) is 53.4 Å². The van der Waals surface area contributed by atoms with Crippen LogP contribution < -0.4 is 10.1 Å². The standard InChI is InChI=1S/C20H24N2O4S/c1-2-16-5-7-17(8-6-16)21-20(23)15-26-18-9-11-19(12-10-18)27(24,25)22-13-3-4-14-22/h5-12H,2-4,13-15H2,1H3,(H,21,23). The third-order valence-electron chi connectivity index (χ3n) is 4.54. The lowest BCUT2D eigenvalue weighted by Crippen LogP contribution is -2.27. The number of anilines is 1. The van der Waals surface area contributed by atoms with E-state index >= 15 is 0 Å². The molecule has 1 aliphatic heterocycles. The largest absolute Gasteiger partial charge is 0.484 e. The van der Waals surface area contributed by atoms with Gasteiger partial charge in [0.05, 0.1) is 4.90 Å². The van der Waals surface area contributed by atoms with Gasteiger partial charge in [-0.1, -0.05) is 19.1 Å². The zero-order chi connectivity index (χ0) is 19.3. The van der Waals surface area contributed by atoms with Crippen LogP contribution in [0.5, 0.6) is 5.75 Å². The van der Waals surface area contributed by atoms with Crippen molar-refractivity contribution < 1.29 is 17.9 Å². The molecule has 0 bridgehead atoms. The lowest BCUT2D eigenvalue weighted by molar-refractivity contribution is -0.118. The minimum Gasteiger partial charge on any atom is -0.484 e. The van der Waals surface area contributed by atoms with Crippen LogP contribution in [0.1, 0.15) is 25.3 Å². The molecule has 0 radical (unpaired) electrons. The van der Waals surface area contributed by atoms with Gasteiger partial charge in [-0.25, -0.2) is 8.42 Å². The fourth-order valence-electron chi connectivity index (χ4n) is 2.96. The monoisotopic (exact) mass is 388 g/mol. The van der Waals surface area contributed by atoms with E-state index in [9.17, 15) is 13.2 Å². The lowest BCUT2D eigenvalue weighted by Gasteiger charge is -2.15. The molecule has 6 nitrogen and oxygen atoms in total. The third-order valence-corrected chi connectivity index (χ3v) is 6.46. The van der Waals surface area contributed by atoms with E-state index in [0.717, 1.165) is 19.3 Å². The number of amides is 1. The van der Waals surface area contributed by atoms with Crippen LogP contribution in [-0.2, 0) is 21.2 Å². The fourth-order valence-corrected chi connectivity index (χ4v) is 4.47. The maximum Gasteiger partial charge on any atom is 0.262 e. The second kappa shape index (κ2) is 8.54. The molecule has 27 heavy (non-hydrogen) atoms. The second-order valence-electron chi connectivity index (χ2n) is 6.47. The van der Waals surface area contributed by atoms with Crippen LogP contribution in [0.3, 0.4) is 0 Å². The molecule has 1 fully saturated rings. The minimum absolute atomic E-state index is 0.145. The summed E-state index contributed by atoms with van der Waals surface area (Å²) >= 11 is 0. The molecule has 0 spiro atoms. The molecule has 3 rings (SSSR count). The fraction of sp³-hybridized carbons (Fsp3) is 0.350. The molecule has 0 atom stereocenters. The average Bonchev–Trinajstić information content (AvgIpc) is 3.23. The Morgan fingerprint density at radius 2 is 1.67 bits per heavy atom. The van der Waals surface area contributed by atoms with E-state index in [-0.39, 0.29) is 17.4 Å². The van der Waals surface area contributed by atoms with Gasteiger partial charge in [-0.05, 0) is 61.2 Å². The molecule has 0 aliphatic carbocycles. The van der Waals surface area contributed by atoms with Gasteiger partial charge in [-0.2, -0.15) is 4.31 Å². The molecule has 2 aromatic carbocycles. The second-order valence-corrected chi connectivity index (χ2v) is 8.41. The van der Waals surface area contributed by atoms with E-state index in [1.165, 1.54) is 22.0 Å². The first kappa shape index (κ1) is 19.4. The Balaban J connectivity index is 1.54. The number of ether oxygens (including phenoxy) is 1. The number of rotatable bonds is 7. The van der Waals surface area contributed by atoms with Gasteiger partial charge in [0.25, 0.3) is 5.91 Å². The van der Waals surface area contributed by atoms with Crippen molar-refractivity contribution in [3.05, 3.63) is 54.1 Å². The van der Waals surface area contributed by atoms with Crippen LogP contribution >= 0.6 is 0 Å². The van der Waals surface area contributed by atoms with Crippen LogP contribution in [0.2, 0.25) is 0 Å². The normalized spacial score (nSPS) is 14.9. The van der Waals surface area contributed by atoms with Crippen LogP contribution in [0.4, 0.5) is 5.69 Å². The molecular weight excluding hydrogens is 364 g/mol. The van der Waals surface area contributed by atoms with Crippen molar-refractivity contribution in [2.45, 2.75) is 31.1 Å². The van der Waals surface area contributed by atoms with E-state index in [0.29, 0.717) is 24.5 Å². The number of carbonyl (C=O) groups is 1. The van der Waals surface area contributed by atoms with E-state index in [1.807, 2.05) is 24.3 Å². The molecule has 1 aliphatic rings. The minimum atomic E-state index is -3.43. The van der Waals surface area contributed by atoms with Crippen molar-refractivity contribution >= 4 is 21.6 Å².